The lowest BCUT2D eigenvalue weighted by molar-refractivity contribution is -0.116. The predicted molar refractivity (Wildman–Crippen MR) is 77.2 cm³/mol. The lowest BCUT2D eigenvalue weighted by atomic mass is 10.1. The Morgan fingerprint density at radius 1 is 1.47 bits per heavy atom. The zero-order valence-electron chi connectivity index (χ0n) is 10.4. The fourth-order valence-corrected chi connectivity index (χ4v) is 3.32. The number of benzene rings is 1. The normalized spacial score (nSPS) is 26.3. The van der Waals surface area contributed by atoms with E-state index in [1.807, 2.05) is 12.1 Å². The van der Waals surface area contributed by atoms with Gasteiger partial charge in [-0.05, 0) is 40.9 Å². The number of carbonyl (C=O) groups excluding carboxylic acids is 1. The van der Waals surface area contributed by atoms with Crippen LogP contribution in [0.5, 0.6) is 0 Å². The van der Waals surface area contributed by atoms with Crippen LogP contribution in [-0.2, 0) is 4.79 Å². The molecule has 1 fully saturated rings. The average molecular weight is 326 g/mol. The lowest BCUT2D eigenvalue weighted by Crippen LogP contribution is -2.38. The first-order chi connectivity index (χ1) is 9.06. The van der Waals surface area contributed by atoms with Crippen LogP contribution in [-0.4, -0.2) is 30.2 Å². The zero-order chi connectivity index (χ0) is 13.6. The van der Waals surface area contributed by atoms with Gasteiger partial charge in [0.25, 0.3) is 0 Å². The SMILES string of the molecule is NC1C(=O)Nc2cc(N3CCCC(O)C3)c(Br)cc21. The lowest BCUT2D eigenvalue weighted by Gasteiger charge is -2.33. The summed E-state index contributed by atoms with van der Waals surface area (Å²) in [4.78, 5) is 13.7. The second-order valence-electron chi connectivity index (χ2n) is 5.10. The van der Waals surface area contributed by atoms with Crippen LogP contribution >= 0.6 is 15.9 Å². The third-order valence-electron chi connectivity index (χ3n) is 3.73. The topological polar surface area (TPSA) is 78.6 Å². The van der Waals surface area contributed by atoms with Gasteiger partial charge in [0.1, 0.15) is 6.04 Å². The molecule has 5 nitrogen and oxygen atoms in total. The summed E-state index contributed by atoms with van der Waals surface area (Å²) < 4.78 is 0.910. The summed E-state index contributed by atoms with van der Waals surface area (Å²) in [7, 11) is 0. The number of aliphatic hydroxyl groups excluding tert-OH is 1. The van der Waals surface area contributed by atoms with E-state index >= 15 is 0 Å². The summed E-state index contributed by atoms with van der Waals surface area (Å²) in [6, 6.07) is 3.24. The van der Waals surface area contributed by atoms with Gasteiger partial charge in [0, 0.05) is 28.8 Å². The second-order valence-corrected chi connectivity index (χ2v) is 5.95. The molecule has 0 radical (unpaired) electrons. The molecule has 0 aliphatic carbocycles. The summed E-state index contributed by atoms with van der Waals surface area (Å²) in [5, 5.41) is 12.6. The molecule has 0 bridgehead atoms. The molecule has 1 aromatic rings. The van der Waals surface area contributed by atoms with Gasteiger partial charge in [-0.3, -0.25) is 4.79 Å². The molecule has 2 heterocycles. The van der Waals surface area contributed by atoms with Crippen LogP contribution in [0.1, 0.15) is 24.4 Å². The van der Waals surface area contributed by atoms with E-state index in [4.69, 9.17) is 5.73 Å². The monoisotopic (exact) mass is 325 g/mol. The molecule has 0 spiro atoms. The van der Waals surface area contributed by atoms with Crippen molar-refractivity contribution in [1.82, 2.24) is 0 Å². The smallest absolute Gasteiger partial charge is 0.245 e. The van der Waals surface area contributed by atoms with Crippen molar-refractivity contribution >= 4 is 33.2 Å². The Hall–Kier alpha value is -1.11. The van der Waals surface area contributed by atoms with Crippen molar-refractivity contribution in [2.24, 2.45) is 5.73 Å². The summed E-state index contributed by atoms with van der Waals surface area (Å²) in [5.41, 5.74) is 8.41. The fraction of sp³-hybridized carbons (Fsp3) is 0.462. The summed E-state index contributed by atoms with van der Waals surface area (Å²) in [6.45, 7) is 1.53. The van der Waals surface area contributed by atoms with Crippen LogP contribution < -0.4 is 16.0 Å². The Morgan fingerprint density at radius 2 is 2.26 bits per heavy atom. The predicted octanol–water partition coefficient (Wildman–Crippen LogP) is 1.36. The van der Waals surface area contributed by atoms with E-state index in [1.54, 1.807) is 0 Å². The third-order valence-corrected chi connectivity index (χ3v) is 4.37. The van der Waals surface area contributed by atoms with Crippen molar-refractivity contribution in [2.75, 3.05) is 23.3 Å². The van der Waals surface area contributed by atoms with E-state index in [9.17, 15) is 9.90 Å². The average Bonchev–Trinajstić information content (AvgIpc) is 2.65. The highest BCUT2D eigenvalue weighted by Crippen LogP contribution is 2.38. The highest BCUT2D eigenvalue weighted by atomic mass is 79.9. The first-order valence-corrected chi connectivity index (χ1v) is 7.18. The maximum atomic E-state index is 11.6. The molecule has 3 rings (SSSR count). The molecule has 102 valence electrons. The maximum Gasteiger partial charge on any atom is 0.245 e. The van der Waals surface area contributed by atoms with Gasteiger partial charge in [0.15, 0.2) is 0 Å². The number of β-amino-alcohol motifs (C(OH)–C–C–N with tert-alkyl or cyclic N) is 1. The minimum Gasteiger partial charge on any atom is -0.391 e. The maximum absolute atomic E-state index is 11.6. The molecular weight excluding hydrogens is 310 g/mol. The van der Waals surface area contributed by atoms with E-state index in [-0.39, 0.29) is 12.0 Å². The highest BCUT2D eigenvalue weighted by Gasteiger charge is 2.29. The number of aliphatic hydroxyl groups is 1. The number of carbonyl (C=O) groups is 1. The molecule has 2 aliphatic heterocycles. The summed E-state index contributed by atoms with van der Waals surface area (Å²) >= 11 is 3.53. The van der Waals surface area contributed by atoms with Crippen molar-refractivity contribution in [2.45, 2.75) is 25.0 Å². The quantitative estimate of drug-likeness (QED) is 0.728. The van der Waals surface area contributed by atoms with Crippen molar-refractivity contribution in [3.8, 4) is 0 Å². The van der Waals surface area contributed by atoms with Gasteiger partial charge in [0.2, 0.25) is 5.91 Å². The second kappa shape index (κ2) is 4.77. The number of fused-ring (bicyclic) bond motifs is 1. The standard InChI is InChI=1S/C13H16BrN3O2/c14-9-4-8-10(16-13(19)12(8)15)5-11(9)17-3-1-2-7(18)6-17/h4-5,7,12,18H,1-3,6,15H2,(H,16,19). The Balaban J connectivity index is 1.95. The molecule has 4 N–H and O–H groups in total. The number of hydrogen-bond donors (Lipinski definition) is 3. The molecule has 0 aromatic heterocycles. The van der Waals surface area contributed by atoms with Crippen LogP contribution in [0.3, 0.4) is 0 Å². The third kappa shape index (κ3) is 2.24. The molecule has 2 aliphatic rings. The number of hydrogen-bond acceptors (Lipinski definition) is 4. The first-order valence-electron chi connectivity index (χ1n) is 6.39. The Kier molecular flexibility index (Phi) is 3.24. The van der Waals surface area contributed by atoms with Gasteiger partial charge in [-0.15, -0.1) is 0 Å². The van der Waals surface area contributed by atoms with E-state index < -0.39 is 6.04 Å². The van der Waals surface area contributed by atoms with Crippen LogP contribution in [0.2, 0.25) is 0 Å². The van der Waals surface area contributed by atoms with Crippen molar-refractivity contribution in [1.29, 1.82) is 0 Å². The summed E-state index contributed by atoms with van der Waals surface area (Å²) in [5.74, 6) is -0.169. The number of nitrogens with zero attached hydrogens (tertiary/aromatic N) is 1. The Labute approximate surface area is 119 Å². The molecule has 0 saturated carbocycles. The van der Waals surface area contributed by atoms with Crippen LogP contribution in [0.15, 0.2) is 16.6 Å². The molecular formula is C13H16BrN3O2. The molecule has 2 atom stereocenters. The number of amides is 1. The number of piperidine rings is 1. The number of nitrogens with one attached hydrogen (secondary N) is 1. The van der Waals surface area contributed by atoms with E-state index in [0.717, 1.165) is 40.8 Å². The summed E-state index contributed by atoms with van der Waals surface area (Å²) in [6.07, 6.45) is 1.53. The Bertz CT molecular complexity index is 535. The van der Waals surface area contributed by atoms with Crippen molar-refractivity contribution < 1.29 is 9.90 Å². The highest BCUT2D eigenvalue weighted by molar-refractivity contribution is 9.10. The minimum absolute atomic E-state index is 0.169. The number of nitrogens with two attached hydrogens (primary N) is 1. The van der Waals surface area contributed by atoms with E-state index in [1.165, 1.54) is 0 Å². The van der Waals surface area contributed by atoms with Crippen LogP contribution in [0.4, 0.5) is 11.4 Å². The van der Waals surface area contributed by atoms with Gasteiger partial charge in [-0.2, -0.15) is 0 Å². The first kappa shape index (κ1) is 12.9. The molecule has 1 amide bonds. The molecule has 6 heteroatoms. The number of anilines is 2. The van der Waals surface area contributed by atoms with E-state index in [0.29, 0.717) is 6.54 Å². The fourth-order valence-electron chi connectivity index (χ4n) is 2.71. The van der Waals surface area contributed by atoms with Gasteiger partial charge >= 0.3 is 0 Å². The molecule has 19 heavy (non-hydrogen) atoms. The van der Waals surface area contributed by atoms with Gasteiger partial charge < -0.3 is 21.1 Å². The minimum atomic E-state index is -0.590. The molecule has 1 aromatic carbocycles. The van der Waals surface area contributed by atoms with Gasteiger partial charge in [-0.1, -0.05) is 0 Å². The molecule has 2 unspecified atom stereocenters. The van der Waals surface area contributed by atoms with E-state index in [2.05, 4.69) is 26.1 Å². The van der Waals surface area contributed by atoms with Gasteiger partial charge in [0.05, 0.1) is 11.8 Å². The van der Waals surface area contributed by atoms with Gasteiger partial charge in [-0.25, -0.2) is 0 Å². The largest absolute Gasteiger partial charge is 0.391 e. The Morgan fingerprint density at radius 3 is 3.00 bits per heavy atom. The number of rotatable bonds is 1. The van der Waals surface area contributed by atoms with Crippen LogP contribution in [0, 0.1) is 0 Å². The molecule has 1 saturated heterocycles. The number of halogens is 1. The van der Waals surface area contributed by atoms with Crippen LogP contribution in [0.25, 0.3) is 0 Å². The zero-order valence-corrected chi connectivity index (χ0v) is 12.0. The van der Waals surface area contributed by atoms with Crippen molar-refractivity contribution in [3.05, 3.63) is 22.2 Å². The van der Waals surface area contributed by atoms with Crippen molar-refractivity contribution in [3.63, 3.8) is 0 Å².